The van der Waals surface area contributed by atoms with E-state index in [0.717, 1.165) is 25.1 Å². The molecule has 4 heteroatoms. The lowest BCUT2D eigenvalue weighted by Crippen LogP contribution is -2.35. The first-order valence-electron chi connectivity index (χ1n) is 7.68. The van der Waals surface area contributed by atoms with Crippen LogP contribution in [0.2, 0.25) is 0 Å². The summed E-state index contributed by atoms with van der Waals surface area (Å²) in [4.78, 5) is 11.8. The van der Waals surface area contributed by atoms with Gasteiger partial charge in [-0.15, -0.1) is 0 Å². The molecular weight excluding hydrogens is 264 g/mol. The van der Waals surface area contributed by atoms with E-state index in [2.05, 4.69) is 43.5 Å². The van der Waals surface area contributed by atoms with Crippen LogP contribution < -0.4 is 10.6 Å². The van der Waals surface area contributed by atoms with Gasteiger partial charge in [0.15, 0.2) is 0 Å². The Kier molecular flexibility index (Phi) is 5.23. The van der Waals surface area contributed by atoms with Crippen molar-refractivity contribution < 1.29 is 9.53 Å². The average molecular weight is 290 g/mol. The van der Waals surface area contributed by atoms with E-state index in [4.69, 9.17) is 4.74 Å². The molecule has 0 aromatic heterocycles. The van der Waals surface area contributed by atoms with Gasteiger partial charge in [0.1, 0.15) is 0 Å². The molecule has 1 amide bonds. The zero-order valence-corrected chi connectivity index (χ0v) is 13.2. The smallest absolute Gasteiger partial charge is 0.239 e. The Morgan fingerprint density at radius 1 is 1.29 bits per heavy atom. The molecule has 1 unspecified atom stereocenters. The number of carbonyl (C=O) groups is 1. The highest BCUT2D eigenvalue weighted by atomic mass is 16.5. The normalized spacial score (nSPS) is 18.5. The number of benzene rings is 1. The molecule has 21 heavy (non-hydrogen) atoms. The van der Waals surface area contributed by atoms with E-state index in [-0.39, 0.29) is 17.4 Å². The lowest BCUT2D eigenvalue weighted by atomic mass is 9.87. The second kappa shape index (κ2) is 6.94. The first-order chi connectivity index (χ1) is 9.95. The van der Waals surface area contributed by atoms with Crippen molar-refractivity contribution in [1.82, 2.24) is 5.32 Å². The Morgan fingerprint density at radius 3 is 2.57 bits per heavy atom. The average Bonchev–Trinajstić information content (AvgIpc) is 2.95. The SMILES string of the molecule is CC(C)(C)c1ccc(NCC(=O)NCC2CCCO2)cc1. The van der Waals surface area contributed by atoms with Crippen LogP contribution in [-0.2, 0) is 14.9 Å². The minimum Gasteiger partial charge on any atom is -0.376 e. The summed E-state index contributed by atoms with van der Waals surface area (Å²) in [5.74, 6) is 0.00500. The minimum absolute atomic E-state index is 0.00500. The molecule has 0 radical (unpaired) electrons. The summed E-state index contributed by atoms with van der Waals surface area (Å²) in [6.45, 7) is 8.29. The van der Waals surface area contributed by atoms with Crippen LogP contribution in [-0.4, -0.2) is 31.7 Å². The lowest BCUT2D eigenvalue weighted by Gasteiger charge is -2.19. The van der Waals surface area contributed by atoms with Crippen molar-refractivity contribution >= 4 is 11.6 Å². The molecule has 0 spiro atoms. The van der Waals surface area contributed by atoms with Crippen LogP contribution in [0.1, 0.15) is 39.2 Å². The van der Waals surface area contributed by atoms with Crippen LogP contribution in [0.4, 0.5) is 5.69 Å². The van der Waals surface area contributed by atoms with Crippen molar-refractivity contribution in [3.63, 3.8) is 0 Å². The maximum atomic E-state index is 11.8. The zero-order chi connectivity index (χ0) is 15.3. The minimum atomic E-state index is 0.00500. The molecule has 1 saturated heterocycles. The van der Waals surface area contributed by atoms with Gasteiger partial charge in [0.25, 0.3) is 0 Å². The Hall–Kier alpha value is -1.55. The van der Waals surface area contributed by atoms with Gasteiger partial charge in [0, 0.05) is 18.8 Å². The standard InChI is InChI=1S/C17H26N2O2/c1-17(2,3)13-6-8-14(9-7-13)18-12-16(20)19-11-15-5-4-10-21-15/h6-9,15,18H,4-5,10-12H2,1-3H3,(H,19,20). The van der Waals surface area contributed by atoms with E-state index in [1.807, 2.05) is 12.1 Å². The van der Waals surface area contributed by atoms with Crippen molar-refractivity contribution in [1.29, 1.82) is 0 Å². The number of rotatable bonds is 5. The van der Waals surface area contributed by atoms with Crippen LogP contribution in [0.15, 0.2) is 24.3 Å². The van der Waals surface area contributed by atoms with E-state index >= 15 is 0 Å². The Balaban J connectivity index is 1.73. The molecule has 0 aliphatic carbocycles. The topological polar surface area (TPSA) is 50.4 Å². The molecule has 0 saturated carbocycles. The summed E-state index contributed by atoms with van der Waals surface area (Å²) in [6.07, 6.45) is 2.33. The molecule has 1 heterocycles. The van der Waals surface area contributed by atoms with Crippen molar-refractivity contribution in [3.8, 4) is 0 Å². The molecule has 1 aliphatic heterocycles. The van der Waals surface area contributed by atoms with Gasteiger partial charge >= 0.3 is 0 Å². The van der Waals surface area contributed by atoms with Crippen LogP contribution >= 0.6 is 0 Å². The molecule has 1 aromatic rings. The Labute approximate surface area is 127 Å². The predicted octanol–water partition coefficient (Wildman–Crippen LogP) is 2.69. The monoisotopic (exact) mass is 290 g/mol. The summed E-state index contributed by atoms with van der Waals surface area (Å²) in [5, 5.41) is 6.05. The number of hydrogen-bond acceptors (Lipinski definition) is 3. The molecule has 1 aromatic carbocycles. The van der Waals surface area contributed by atoms with Gasteiger partial charge in [0.2, 0.25) is 5.91 Å². The van der Waals surface area contributed by atoms with Crippen molar-refractivity contribution in [3.05, 3.63) is 29.8 Å². The predicted molar refractivity (Wildman–Crippen MR) is 85.6 cm³/mol. The lowest BCUT2D eigenvalue weighted by molar-refractivity contribution is -0.119. The van der Waals surface area contributed by atoms with E-state index in [1.54, 1.807) is 0 Å². The van der Waals surface area contributed by atoms with E-state index in [9.17, 15) is 4.79 Å². The fourth-order valence-electron chi connectivity index (χ4n) is 2.37. The molecule has 0 bridgehead atoms. The van der Waals surface area contributed by atoms with Crippen molar-refractivity contribution in [2.45, 2.75) is 45.1 Å². The van der Waals surface area contributed by atoms with Gasteiger partial charge in [-0.1, -0.05) is 32.9 Å². The number of anilines is 1. The number of ether oxygens (including phenoxy) is 1. The van der Waals surface area contributed by atoms with E-state index in [0.29, 0.717) is 13.1 Å². The van der Waals surface area contributed by atoms with Gasteiger partial charge in [-0.25, -0.2) is 0 Å². The van der Waals surface area contributed by atoms with Crippen molar-refractivity contribution in [2.75, 3.05) is 25.0 Å². The molecule has 1 aliphatic rings. The molecule has 2 rings (SSSR count). The van der Waals surface area contributed by atoms with Gasteiger partial charge in [-0.2, -0.15) is 0 Å². The second-order valence-electron chi connectivity index (χ2n) is 6.62. The molecule has 116 valence electrons. The third-order valence-corrected chi connectivity index (χ3v) is 3.75. The van der Waals surface area contributed by atoms with Crippen LogP contribution in [0.25, 0.3) is 0 Å². The summed E-state index contributed by atoms with van der Waals surface area (Å²) in [6, 6.07) is 8.25. The van der Waals surface area contributed by atoms with Gasteiger partial charge in [-0.05, 0) is 36.0 Å². The quantitative estimate of drug-likeness (QED) is 0.876. The summed E-state index contributed by atoms with van der Waals surface area (Å²) in [7, 11) is 0. The molecule has 4 nitrogen and oxygen atoms in total. The zero-order valence-electron chi connectivity index (χ0n) is 13.2. The summed E-state index contributed by atoms with van der Waals surface area (Å²) < 4.78 is 5.48. The van der Waals surface area contributed by atoms with Gasteiger partial charge in [0.05, 0.1) is 12.6 Å². The number of amides is 1. The van der Waals surface area contributed by atoms with Gasteiger partial charge in [-0.3, -0.25) is 4.79 Å². The number of nitrogens with one attached hydrogen (secondary N) is 2. The first-order valence-corrected chi connectivity index (χ1v) is 7.68. The Morgan fingerprint density at radius 2 is 2.00 bits per heavy atom. The summed E-state index contributed by atoms with van der Waals surface area (Å²) in [5.41, 5.74) is 2.41. The fourth-order valence-corrected chi connectivity index (χ4v) is 2.37. The highest BCUT2D eigenvalue weighted by Crippen LogP contribution is 2.23. The highest BCUT2D eigenvalue weighted by molar-refractivity contribution is 5.80. The molecule has 2 N–H and O–H groups in total. The van der Waals surface area contributed by atoms with E-state index in [1.165, 1.54) is 5.56 Å². The van der Waals surface area contributed by atoms with Gasteiger partial charge < -0.3 is 15.4 Å². The van der Waals surface area contributed by atoms with Crippen molar-refractivity contribution in [2.24, 2.45) is 0 Å². The fraction of sp³-hybridized carbons (Fsp3) is 0.588. The molecule has 1 atom stereocenters. The third-order valence-electron chi connectivity index (χ3n) is 3.75. The third kappa shape index (κ3) is 5.05. The first kappa shape index (κ1) is 15.8. The maximum absolute atomic E-state index is 11.8. The number of hydrogen-bond donors (Lipinski definition) is 2. The number of carbonyl (C=O) groups excluding carboxylic acids is 1. The highest BCUT2D eigenvalue weighted by Gasteiger charge is 2.16. The summed E-state index contributed by atoms with van der Waals surface area (Å²) >= 11 is 0. The second-order valence-corrected chi connectivity index (χ2v) is 6.62. The van der Waals surface area contributed by atoms with Crippen LogP contribution in [0, 0.1) is 0 Å². The van der Waals surface area contributed by atoms with Crippen LogP contribution in [0.3, 0.4) is 0 Å². The molecular formula is C17H26N2O2. The van der Waals surface area contributed by atoms with E-state index < -0.39 is 0 Å². The largest absolute Gasteiger partial charge is 0.376 e. The Bertz CT molecular complexity index is 457. The van der Waals surface area contributed by atoms with Crippen LogP contribution in [0.5, 0.6) is 0 Å². The molecule has 1 fully saturated rings. The maximum Gasteiger partial charge on any atom is 0.239 e.